The van der Waals surface area contributed by atoms with Crippen molar-refractivity contribution in [3.8, 4) is 0 Å². The second-order valence-electron chi connectivity index (χ2n) is 3.70. The van der Waals surface area contributed by atoms with Crippen molar-refractivity contribution in [1.29, 1.82) is 0 Å². The highest BCUT2D eigenvalue weighted by Gasteiger charge is 2.16. The van der Waals surface area contributed by atoms with Crippen molar-refractivity contribution in [3.63, 3.8) is 0 Å². The summed E-state index contributed by atoms with van der Waals surface area (Å²) in [6, 6.07) is 5.70. The third-order valence-electron chi connectivity index (χ3n) is 2.22. The average molecular weight is 318 g/mol. The van der Waals surface area contributed by atoms with E-state index in [-0.39, 0.29) is 20.9 Å². The van der Waals surface area contributed by atoms with Crippen LogP contribution in [-0.4, -0.2) is 18.4 Å². The van der Waals surface area contributed by atoms with Crippen LogP contribution >= 0.6 is 23.2 Å². The molecule has 0 fully saturated rings. The van der Waals surface area contributed by atoms with Gasteiger partial charge in [0.2, 0.25) is 5.95 Å². The smallest absolute Gasteiger partial charge is 0.247 e. The van der Waals surface area contributed by atoms with Crippen LogP contribution in [0.3, 0.4) is 0 Å². The molecule has 8 heteroatoms. The second kappa shape index (κ2) is 5.32. The van der Waals surface area contributed by atoms with Gasteiger partial charge < -0.3 is 0 Å². The van der Waals surface area contributed by atoms with Crippen LogP contribution in [0.25, 0.3) is 0 Å². The fourth-order valence-corrected chi connectivity index (χ4v) is 2.66. The minimum atomic E-state index is -3.79. The summed E-state index contributed by atoms with van der Waals surface area (Å²) in [6.07, 6.45) is 1.47. The van der Waals surface area contributed by atoms with Gasteiger partial charge in [0.25, 0.3) is 10.0 Å². The molecular formula is C11H9Cl2N3O2S. The minimum absolute atomic E-state index is 0.00562. The molecule has 100 valence electrons. The van der Waals surface area contributed by atoms with Gasteiger partial charge in [0.05, 0.1) is 14.9 Å². The Bertz CT molecular complexity index is 720. The third kappa shape index (κ3) is 3.34. The van der Waals surface area contributed by atoms with E-state index in [4.69, 9.17) is 23.2 Å². The predicted molar refractivity (Wildman–Crippen MR) is 74.0 cm³/mol. The van der Waals surface area contributed by atoms with Crippen LogP contribution in [-0.2, 0) is 10.0 Å². The SMILES string of the molecule is Cc1ccnc(NS(=O)(=O)c2ccc(Cl)c(Cl)c2)n1. The van der Waals surface area contributed by atoms with Crippen LogP contribution in [0.4, 0.5) is 5.95 Å². The molecular weight excluding hydrogens is 309 g/mol. The zero-order chi connectivity index (χ0) is 14.0. The molecule has 0 bridgehead atoms. The van der Waals surface area contributed by atoms with Crippen molar-refractivity contribution in [2.45, 2.75) is 11.8 Å². The first-order chi connectivity index (χ1) is 8.88. The molecule has 5 nitrogen and oxygen atoms in total. The Kier molecular flexibility index (Phi) is 3.93. The Labute approximate surface area is 120 Å². The molecule has 0 saturated heterocycles. The van der Waals surface area contributed by atoms with E-state index in [9.17, 15) is 8.42 Å². The first kappa shape index (κ1) is 14.0. The van der Waals surface area contributed by atoms with Gasteiger partial charge in [-0.15, -0.1) is 0 Å². The van der Waals surface area contributed by atoms with E-state index in [2.05, 4.69) is 14.7 Å². The average Bonchev–Trinajstić information content (AvgIpc) is 2.32. The van der Waals surface area contributed by atoms with Crippen LogP contribution in [0, 0.1) is 6.92 Å². The van der Waals surface area contributed by atoms with Gasteiger partial charge >= 0.3 is 0 Å². The number of hydrogen-bond acceptors (Lipinski definition) is 4. The van der Waals surface area contributed by atoms with Crippen LogP contribution in [0.5, 0.6) is 0 Å². The standard InChI is InChI=1S/C11H9Cl2N3O2S/c1-7-4-5-14-11(15-7)16-19(17,18)8-2-3-9(12)10(13)6-8/h2-6H,1H3,(H,14,15,16). The van der Waals surface area contributed by atoms with Crippen molar-refractivity contribution in [2.24, 2.45) is 0 Å². The summed E-state index contributed by atoms with van der Waals surface area (Å²) < 4.78 is 26.4. The number of sulfonamides is 1. The maximum absolute atomic E-state index is 12.1. The van der Waals surface area contributed by atoms with Crippen molar-refractivity contribution < 1.29 is 8.42 Å². The Morgan fingerprint density at radius 1 is 1.16 bits per heavy atom. The number of anilines is 1. The van der Waals surface area contributed by atoms with E-state index in [0.717, 1.165) is 0 Å². The van der Waals surface area contributed by atoms with Gasteiger partial charge in [-0.3, -0.25) is 0 Å². The zero-order valence-corrected chi connectivity index (χ0v) is 12.1. The highest BCUT2D eigenvalue weighted by molar-refractivity contribution is 7.92. The molecule has 0 radical (unpaired) electrons. The Hall–Kier alpha value is -1.37. The number of nitrogens with one attached hydrogen (secondary N) is 1. The molecule has 0 aliphatic carbocycles. The number of benzene rings is 1. The van der Waals surface area contributed by atoms with E-state index in [0.29, 0.717) is 5.69 Å². The number of aromatic nitrogens is 2. The summed E-state index contributed by atoms with van der Waals surface area (Å²) in [4.78, 5) is 7.79. The van der Waals surface area contributed by atoms with Gasteiger partial charge in [0.1, 0.15) is 0 Å². The van der Waals surface area contributed by atoms with Gasteiger partial charge in [-0.05, 0) is 31.2 Å². The number of nitrogens with zero attached hydrogens (tertiary/aromatic N) is 2. The number of halogens is 2. The zero-order valence-electron chi connectivity index (χ0n) is 9.76. The van der Waals surface area contributed by atoms with Crippen LogP contribution in [0.1, 0.15) is 5.69 Å². The highest BCUT2D eigenvalue weighted by Crippen LogP contribution is 2.25. The normalized spacial score (nSPS) is 11.3. The maximum atomic E-state index is 12.1. The first-order valence-corrected chi connectivity index (χ1v) is 7.40. The lowest BCUT2D eigenvalue weighted by Gasteiger charge is -2.07. The lowest BCUT2D eigenvalue weighted by atomic mass is 10.4. The molecule has 0 spiro atoms. The molecule has 0 aliphatic rings. The molecule has 1 N–H and O–H groups in total. The summed E-state index contributed by atoms with van der Waals surface area (Å²) in [5.41, 5.74) is 0.654. The Balaban J connectivity index is 2.35. The summed E-state index contributed by atoms with van der Waals surface area (Å²) in [7, 11) is -3.79. The maximum Gasteiger partial charge on any atom is 0.264 e. The van der Waals surface area contributed by atoms with Crippen molar-refractivity contribution in [1.82, 2.24) is 9.97 Å². The topological polar surface area (TPSA) is 72.0 Å². The summed E-state index contributed by atoms with van der Waals surface area (Å²) in [5.74, 6) is 0.00562. The molecule has 1 aromatic carbocycles. The lowest BCUT2D eigenvalue weighted by molar-refractivity contribution is 0.601. The van der Waals surface area contributed by atoms with Crippen LogP contribution in [0.15, 0.2) is 35.4 Å². The van der Waals surface area contributed by atoms with E-state index in [1.165, 1.54) is 24.4 Å². The van der Waals surface area contributed by atoms with E-state index in [1.54, 1.807) is 13.0 Å². The fraction of sp³-hybridized carbons (Fsp3) is 0.0909. The van der Waals surface area contributed by atoms with Crippen LogP contribution in [0.2, 0.25) is 10.0 Å². The van der Waals surface area contributed by atoms with E-state index in [1.807, 2.05) is 0 Å². The largest absolute Gasteiger partial charge is 0.264 e. The Morgan fingerprint density at radius 3 is 2.53 bits per heavy atom. The van der Waals surface area contributed by atoms with E-state index >= 15 is 0 Å². The van der Waals surface area contributed by atoms with Crippen LogP contribution < -0.4 is 4.72 Å². The molecule has 0 unspecified atom stereocenters. The molecule has 1 aromatic heterocycles. The van der Waals surface area contributed by atoms with Gasteiger partial charge in [0, 0.05) is 11.9 Å². The quantitative estimate of drug-likeness (QED) is 0.944. The van der Waals surface area contributed by atoms with E-state index < -0.39 is 10.0 Å². The number of rotatable bonds is 3. The van der Waals surface area contributed by atoms with Gasteiger partial charge in [-0.25, -0.2) is 23.1 Å². The number of hydrogen-bond donors (Lipinski definition) is 1. The summed E-state index contributed by atoms with van der Waals surface area (Å²) in [5, 5.41) is 0.446. The fourth-order valence-electron chi connectivity index (χ4n) is 1.32. The minimum Gasteiger partial charge on any atom is -0.247 e. The van der Waals surface area contributed by atoms with Gasteiger partial charge in [0.15, 0.2) is 0 Å². The third-order valence-corrected chi connectivity index (χ3v) is 4.29. The molecule has 0 saturated carbocycles. The van der Waals surface area contributed by atoms with Crippen molar-refractivity contribution in [2.75, 3.05) is 4.72 Å². The molecule has 0 atom stereocenters. The molecule has 1 heterocycles. The van der Waals surface area contributed by atoms with Gasteiger partial charge in [-0.2, -0.15) is 0 Å². The summed E-state index contributed by atoms with van der Waals surface area (Å²) >= 11 is 11.5. The first-order valence-electron chi connectivity index (χ1n) is 5.16. The summed E-state index contributed by atoms with van der Waals surface area (Å²) in [6.45, 7) is 1.73. The monoisotopic (exact) mass is 317 g/mol. The molecule has 0 amide bonds. The lowest BCUT2D eigenvalue weighted by Crippen LogP contribution is -2.15. The number of aryl methyl sites for hydroxylation is 1. The molecule has 2 aromatic rings. The molecule has 0 aliphatic heterocycles. The predicted octanol–water partition coefficient (Wildman–Crippen LogP) is 2.89. The van der Waals surface area contributed by atoms with Gasteiger partial charge in [-0.1, -0.05) is 23.2 Å². The molecule has 2 rings (SSSR count). The van der Waals surface area contributed by atoms with Crippen molar-refractivity contribution >= 4 is 39.2 Å². The Morgan fingerprint density at radius 2 is 1.89 bits per heavy atom. The molecule has 19 heavy (non-hydrogen) atoms. The second-order valence-corrected chi connectivity index (χ2v) is 6.20. The van der Waals surface area contributed by atoms with Crippen molar-refractivity contribution in [3.05, 3.63) is 46.2 Å². The highest BCUT2D eigenvalue weighted by atomic mass is 35.5.